The third kappa shape index (κ3) is 6.09. The van der Waals surface area contributed by atoms with Crippen molar-refractivity contribution >= 4 is 35.0 Å². The summed E-state index contributed by atoms with van der Waals surface area (Å²) in [5, 5.41) is 7.11. The van der Waals surface area contributed by atoms with Crippen LogP contribution >= 0.6 is 23.2 Å². The summed E-state index contributed by atoms with van der Waals surface area (Å²) in [6.07, 6.45) is 1.55. The van der Waals surface area contributed by atoms with Crippen LogP contribution in [0.15, 0.2) is 18.2 Å². The average Bonchev–Trinajstić information content (AvgIpc) is 2.60. The zero-order valence-electron chi connectivity index (χ0n) is 16.4. The first-order valence-electron chi connectivity index (χ1n) is 9.48. The fourth-order valence-electron chi connectivity index (χ4n) is 3.38. The Morgan fingerprint density at radius 1 is 1.07 bits per heavy atom. The number of carbonyl (C=O) groups excluding carboxylic acids is 2. The van der Waals surface area contributed by atoms with Gasteiger partial charge >= 0.3 is 0 Å². The molecule has 7 heteroatoms. The molecule has 1 aliphatic heterocycles. The number of benzene rings is 1. The summed E-state index contributed by atoms with van der Waals surface area (Å²) in [7, 11) is 0. The zero-order chi connectivity index (χ0) is 20.1. The molecule has 0 spiro atoms. The lowest BCUT2D eigenvalue weighted by Crippen LogP contribution is -2.50. The Morgan fingerprint density at radius 3 is 2.26 bits per heavy atom. The third-order valence-electron chi connectivity index (χ3n) is 5.05. The molecular weight excluding hydrogens is 385 g/mol. The molecular formula is C20H29Cl2N3O2. The molecule has 2 rings (SSSR count). The normalized spacial score (nSPS) is 18.2. The first kappa shape index (κ1) is 22.0. The molecule has 1 aromatic rings. The van der Waals surface area contributed by atoms with Gasteiger partial charge in [-0.2, -0.15) is 0 Å². The van der Waals surface area contributed by atoms with Crippen molar-refractivity contribution in [2.75, 3.05) is 13.1 Å². The van der Waals surface area contributed by atoms with Crippen molar-refractivity contribution in [3.63, 3.8) is 0 Å². The molecule has 150 valence electrons. The summed E-state index contributed by atoms with van der Waals surface area (Å²) in [5.41, 5.74) is 0.839. The molecule has 0 aliphatic carbocycles. The van der Waals surface area contributed by atoms with E-state index in [0.29, 0.717) is 10.0 Å². The van der Waals surface area contributed by atoms with E-state index in [1.165, 1.54) is 0 Å². The van der Waals surface area contributed by atoms with E-state index in [1.807, 2.05) is 33.8 Å². The molecule has 2 amide bonds. The van der Waals surface area contributed by atoms with Gasteiger partial charge < -0.3 is 10.6 Å². The van der Waals surface area contributed by atoms with Gasteiger partial charge in [0.25, 0.3) is 0 Å². The van der Waals surface area contributed by atoms with E-state index in [4.69, 9.17) is 23.2 Å². The number of hydrogen-bond acceptors (Lipinski definition) is 3. The standard InChI is InChI=1S/C20H29Cl2N3O2/c1-12(2)23-20(27)15-7-9-25(10-8-15)14(4)19(26)24-13(3)17-6-5-16(21)11-18(17)22/h5-6,11-15H,7-10H2,1-4H3,(H,23,27)(H,24,26). The lowest BCUT2D eigenvalue weighted by Gasteiger charge is -2.35. The summed E-state index contributed by atoms with van der Waals surface area (Å²) in [5.74, 6) is 0.108. The van der Waals surface area contributed by atoms with Crippen LogP contribution in [0.2, 0.25) is 10.0 Å². The highest BCUT2D eigenvalue weighted by Gasteiger charge is 2.30. The Hall–Kier alpha value is -1.30. The Kier molecular flexibility index (Phi) is 7.95. The van der Waals surface area contributed by atoms with Crippen LogP contribution in [0, 0.1) is 5.92 Å². The summed E-state index contributed by atoms with van der Waals surface area (Å²) in [4.78, 5) is 26.9. The van der Waals surface area contributed by atoms with Gasteiger partial charge in [-0.25, -0.2) is 0 Å². The van der Waals surface area contributed by atoms with Crippen molar-refractivity contribution in [2.24, 2.45) is 5.92 Å². The van der Waals surface area contributed by atoms with Gasteiger partial charge in [-0.05, 0) is 71.3 Å². The van der Waals surface area contributed by atoms with E-state index in [2.05, 4.69) is 15.5 Å². The van der Waals surface area contributed by atoms with Crippen LogP contribution in [0.5, 0.6) is 0 Å². The molecule has 1 aromatic carbocycles. The number of piperidine rings is 1. The van der Waals surface area contributed by atoms with E-state index < -0.39 is 0 Å². The summed E-state index contributed by atoms with van der Waals surface area (Å²) >= 11 is 12.2. The van der Waals surface area contributed by atoms with Crippen LogP contribution in [0.3, 0.4) is 0 Å². The van der Waals surface area contributed by atoms with Crippen LogP contribution in [-0.2, 0) is 9.59 Å². The highest BCUT2D eigenvalue weighted by molar-refractivity contribution is 6.35. The Labute approximate surface area is 171 Å². The summed E-state index contributed by atoms with van der Waals surface area (Å²) < 4.78 is 0. The number of hydrogen-bond donors (Lipinski definition) is 2. The Bertz CT molecular complexity index is 673. The molecule has 0 aromatic heterocycles. The van der Waals surface area contributed by atoms with Crippen LogP contribution in [0.1, 0.15) is 52.1 Å². The van der Waals surface area contributed by atoms with Crippen LogP contribution in [0.4, 0.5) is 0 Å². The van der Waals surface area contributed by atoms with E-state index >= 15 is 0 Å². The van der Waals surface area contributed by atoms with E-state index in [1.54, 1.807) is 12.1 Å². The number of halogens is 2. The maximum absolute atomic E-state index is 12.7. The van der Waals surface area contributed by atoms with Gasteiger partial charge in [-0.3, -0.25) is 14.5 Å². The molecule has 2 unspecified atom stereocenters. The highest BCUT2D eigenvalue weighted by Crippen LogP contribution is 2.26. The second-order valence-corrected chi connectivity index (χ2v) is 8.39. The van der Waals surface area contributed by atoms with Gasteiger partial charge in [0.15, 0.2) is 0 Å². The van der Waals surface area contributed by atoms with E-state index in [0.717, 1.165) is 31.5 Å². The highest BCUT2D eigenvalue weighted by atomic mass is 35.5. The minimum Gasteiger partial charge on any atom is -0.354 e. The number of nitrogens with one attached hydrogen (secondary N) is 2. The van der Waals surface area contributed by atoms with E-state index in [-0.39, 0.29) is 35.9 Å². The third-order valence-corrected chi connectivity index (χ3v) is 5.61. The number of nitrogens with zero attached hydrogens (tertiary/aromatic N) is 1. The minimum atomic E-state index is -0.257. The fourth-order valence-corrected chi connectivity index (χ4v) is 3.95. The first-order valence-corrected chi connectivity index (χ1v) is 10.2. The second-order valence-electron chi connectivity index (χ2n) is 7.55. The summed E-state index contributed by atoms with van der Waals surface area (Å²) in [6, 6.07) is 4.96. The predicted octanol–water partition coefficient (Wildman–Crippen LogP) is 3.80. The van der Waals surface area contributed by atoms with Crippen LogP contribution < -0.4 is 10.6 Å². The van der Waals surface area contributed by atoms with Crippen molar-refractivity contribution in [1.82, 2.24) is 15.5 Å². The van der Waals surface area contributed by atoms with Gasteiger partial charge in [0.1, 0.15) is 0 Å². The molecule has 5 nitrogen and oxygen atoms in total. The molecule has 1 fully saturated rings. The molecule has 0 bridgehead atoms. The number of carbonyl (C=O) groups is 2. The van der Waals surface area contributed by atoms with Crippen molar-refractivity contribution < 1.29 is 9.59 Å². The molecule has 2 atom stereocenters. The topological polar surface area (TPSA) is 61.4 Å². The average molecular weight is 414 g/mol. The van der Waals surface area contributed by atoms with Gasteiger partial charge in [-0.15, -0.1) is 0 Å². The first-order chi connectivity index (χ1) is 12.7. The van der Waals surface area contributed by atoms with Crippen molar-refractivity contribution in [1.29, 1.82) is 0 Å². The Morgan fingerprint density at radius 2 is 1.70 bits per heavy atom. The van der Waals surface area contributed by atoms with Crippen molar-refractivity contribution in [3.8, 4) is 0 Å². The molecule has 2 N–H and O–H groups in total. The lowest BCUT2D eigenvalue weighted by atomic mass is 9.94. The fraction of sp³-hybridized carbons (Fsp3) is 0.600. The quantitative estimate of drug-likeness (QED) is 0.745. The lowest BCUT2D eigenvalue weighted by molar-refractivity contribution is -0.129. The minimum absolute atomic E-state index is 0.0331. The molecule has 0 radical (unpaired) electrons. The molecule has 1 heterocycles. The van der Waals surface area contributed by atoms with Gasteiger partial charge in [0.05, 0.1) is 12.1 Å². The largest absolute Gasteiger partial charge is 0.354 e. The molecule has 27 heavy (non-hydrogen) atoms. The number of likely N-dealkylation sites (tertiary alicyclic amines) is 1. The zero-order valence-corrected chi connectivity index (χ0v) is 17.9. The van der Waals surface area contributed by atoms with E-state index in [9.17, 15) is 9.59 Å². The van der Waals surface area contributed by atoms with Gasteiger partial charge in [0.2, 0.25) is 11.8 Å². The van der Waals surface area contributed by atoms with Crippen LogP contribution in [-0.4, -0.2) is 41.9 Å². The van der Waals surface area contributed by atoms with Gasteiger partial charge in [0, 0.05) is 22.0 Å². The number of rotatable bonds is 6. The Balaban J connectivity index is 1.87. The van der Waals surface area contributed by atoms with Gasteiger partial charge in [-0.1, -0.05) is 29.3 Å². The SMILES string of the molecule is CC(C)NC(=O)C1CCN(C(C)C(=O)NC(C)c2ccc(Cl)cc2Cl)CC1. The smallest absolute Gasteiger partial charge is 0.237 e. The predicted molar refractivity (Wildman–Crippen MR) is 110 cm³/mol. The maximum atomic E-state index is 12.7. The summed E-state index contributed by atoms with van der Waals surface area (Å²) in [6.45, 7) is 9.21. The monoisotopic (exact) mass is 413 g/mol. The number of amides is 2. The van der Waals surface area contributed by atoms with Crippen LogP contribution in [0.25, 0.3) is 0 Å². The van der Waals surface area contributed by atoms with Crippen molar-refractivity contribution in [3.05, 3.63) is 33.8 Å². The molecule has 0 saturated carbocycles. The molecule has 1 aliphatic rings. The molecule has 1 saturated heterocycles. The second kappa shape index (κ2) is 9.76. The van der Waals surface area contributed by atoms with Crippen molar-refractivity contribution in [2.45, 2.75) is 58.7 Å². The maximum Gasteiger partial charge on any atom is 0.237 e.